The fraction of sp³-hybridized carbons (Fsp3) is 0.917. The van der Waals surface area contributed by atoms with Gasteiger partial charge in [-0.15, -0.1) is 0 Å². The van der Waals surface area contributed by atoms with Gasteiger partial charge in [-0.3, -0.25) is 4.79 Å². The Hall–Kier alpha value is -0.136. The zero-order chi connectivity index (χ0) is 14.1. The van der Waals surface area contributed by atoms with Crippen LogP contribution in [-0.2, 0) is 9.22 Å². The van der Waals surface area contributed by atoms with Crippen molar-refractivity contribution in [2.75, 3.05) is 0 Å². The Labute approximate surface area is 108 Å². The Kier molecular flexibility index (Phi) is 5.20. The van der Waals surface area contributed by atoms with Gasteiger partial charge in [0.15, 0.2) is 8.32 Å². The van der Waals surface area contributed by atoms with E-state index in [2.05, 4.69) is 39.3 Å². The van der Waals surface area contributed by atoms with E-state index in [1.165, 1.54) is 0 Å². The van der Waals surface area contributed by atoms with Crippen molar-refractivity contribution in [1.82, 2.24) is 0 Å². The highest BCUT2D eigenvalue weighted by atomic mass is 28.4. The van der Waals surface area contributed by atoms with E-state index in [0.717, 1.165) is 6.42 Å². The second-order valence-corrected chi connectivity index (χ2v) is 16.9. The first-order valence-corrected chi connectivity index (χ1v) is 13.2. The predicted molar refractivity (Wildman–Crippen MR) is 77.9 cm³/mol. The fourth-order valence-corrected chi connectivity index (χ4v) is 5.22. The Balaban J connectivity index is 5.37. The molecule has 0 aliphatic carbocycles. The van der Waals surface area contributed by atoms with Crippen molar-refractivity contribution >= 4 is 22.4 Å². The van der Waals surface area contributed by atoms with Crippen LogP contribution in [0.4, 0.5) is 0 Å². The maximum Gasteiger partial charge on any atom is 0.309 e. The number of aliphatic carboxylic acids is 1. The van der Waals surface area contributed by atoms with Gasteiger partial charge in [0.25, 0.3) is 0 Å². The molecular formula is C12H28O3Si2. The zero-order valence-electron chi connectivity index (χ0n) is 12.5. The lowest BCUT2D eigenvalue weighted by molar-refractivity contribution is -0.143. The largest absolute Gasteiger partial charge is 0.481 e. The molecule has 0 aliphatic rings. The van der Waals surface area contributed by atoms with Gasteiger partial charge >= 0.3 is 5.97 Å². The molecule has 2 unspecified atom stereocenters. The summed E-state index contributed by atoms with van der Waals surface area (Å²) in [6, 6.07) is 0. The fourth-order valence-electron chi connectivity index (χ4n) is 1.98. The van der Waals surface area contributed by atoms with Gasteiger partial charge in [0.05, 0.1) is 19.2 Å². The molecule has 0 heterocycles. The molecule has 102 valence electrons. The normalized spacial score (nSPS) is 18.6. The lowest BCUT2D eigenvalue weighted by atomic mass is 10.0. The molecule has 0 aromatic carbocycles. The SMILES string of the molecule is CCC(O[Si](C)(C)C)C(C)(C(=O)O)[Si](C)(C)C. The molecule has 0 saturated carbocycles. The molecule has 17 heavy (non-hydrogen) atoms. The number of hydrogen-bond acceptors (Lipinski definition) is 2. The van der Waals surface area contributed by atoms with Gasteiger partial charge in [-0.1, -0.05) is 26.6 Å². The molecule has 3 nitrogen and oxygen atoms in total. The number of rotatable bonds is 6. The summed E-state index contributed by atoms with van der Waals surface area (Å²) in [5.74, 6) is -0.707. The standard InChI is InChI=1S/C12H28O3Si2/c1-9-10(15-17(6,7)8)12(2,11(13)14)16(3,4)5/h10H,9H2,1-8H3,(H,13,14). The molecule has 2 atom stereocenters. The van der Waals surface area contributed by atoms with E-state index in [1.807, 2.05) is 13.8 Å². The van der Waals surface area contributed by atoms with Gasteiger partial charge in [0, 0.05) is 0 Å². The first kappa shape index (κ1) is 16.9. The first-order valence-electron chi connectivity index (χ1n) is 6.27. The van der Waals surface area contributed by atoms with Crippen LogP contribution in [-0.4, -0.2) is 33.6 Å². The minimum absolute atomic E-state index is 0.168. The average Bonchev–Trinajstić information content (AvgIpc) is 2.09. The maximum absolute atomic E-state index is 11.7. The van der Waals surface area contributed by atoms with Gasteiger partial charge in [0.1, 0.15) is 0 Å². The van der Waals surface area contributed by atoms with E-state index in [4.69, 9.17) is 4.43 Å². The summed E-state index contributed by atoms with van der Waals surface area (Å²) in [5, 5.41) is 8.92. The highest BCUT2D eigenvalue weighted by Crippen LogP contribution is 2.45. The van der Waals surface area contributed by atoms with Crippen molar-refractivity contribution < 1.29 is 14.3 Å². The third kappa shape index (κ3) is 3.93. The topological polar surface area (TPSA) is 46.5 Å². The molecule has 1 N–H and O–H groups in total. The monoisotopic (exact) mass is 276 g/mol. The molecule has 0 bridgehead atoms. The summed E-state index contributed by atoms with van der Waals surface area (Å²) in [7, 11) is -3.58. The van der Waals surface area contributed by atoms with E-state index in [0.29, 0.717) is 0 Å². The summed E-state index contributed by atoms with van der Waals surface area (Å²) in [6.45, 7) is 16.6. The van der Waals surface area contributed by atoms with Crippen molar-refractivity contribution in [3.63, 3.8) is 0 Å². The molecule has 0 aromatic rings. The van der Waals surface area contributed by atoms with Crippen LogP contribution in [0.3, 0.4) is 0 Å². The highest BCUT2D eigenvalue weighted by molar-refractivity contribution is 6.82. The summed E-state index contributed by atoms with van der Waals surface area (Å²) in [4.78, 5) is 11.7. The number of carbonyl (C=O) groups is 1. The van der Waals surface area contributed by atoms with Crippen LogP contribution in [0.15, 0.2) is 0 Å². The van der Waals surface area contributed by atoms with Crippen molar-refractivity contribution in [3.05, 3.63) is 0 Å². The Bertz CT molecular complexity index is 278. The van der Waals surface area contributed by atoms with Gasteiger partial charge < -0.3 is 9.53 Å². The van der Waals surface area contributed by atoms with Gasteiger partial charge in [0.2, 0.25) is 0 Å². The van der Waals surface area contributed by atoms with Crippen LogP contribution < -0.4 is 0 Å². The van der Waals surface area contributed by atoms with E-state index in [1.54, 1.807) is 0 Å². The van der Waals surface area contributed by atoms with Gasteiger partial charge in [-0.25, -0.2) is 0 Å². The van der Waals surface area contributed by atoms with E-state index in [9.17, 15) is 9.90 Å². The van der Waals surface area contributed by atoms with E-state index < -0.39 is 27.4 Å². The molecule has 0 fully saturated rings. The van der Waals surface area contributed by atoms with Crippen LogP contribution in [0, 0.1) is 0 Å². The van der Waals surface area contributed by atoms with Crippen LogP contribution in [0.1, 0.15) is 20.3 Å². The second kappa shape index (κ2) is 5.24. The minimum Gasteiger partial charge on any atom is -0.481 e. The van der Waals surface area contributed by atoms with Crippen LogP contribution in [0.2, 0.25) is 44.3 Å². The van der Waals surface area contributed by atoms with E-state index in [-0.39, 0.29) is 6.10 Å². The molecular weight excluding hydrogens is 248 g/mol. The Morgan fingerprint density at radius 3 is 1.82 bits per heavy atom. The van der Waals surface area contributed by atoms with Crippen LogP contribution >= 0.6 is 0 Å². The first-order chi connectivity index (χ1) is 7.36. The number of carboxylic acid groups (broad SMARTS) is 1. The smallest absolute Gasteiger partial charge is 0.309 e. The van der Waals surface area contributed by atoms with Crippen molar-refractivity contribution in [3.8, 4) is 0 Å². The molecule has 0 aromatic heterocycles. The second-order valence-electron chi connectivity index (χ2n) is 6.88. The van der Waals surface area contributed by atoms with Gasteiger partial charge in [-0.2, -0.15) is 0 Å². The summed E-state index contributed by atoms with van der Waals surface area (Å²) >= 11 is 0. The number of carboxylic acids is 1. The molecule has 0 spiro atoms. The van der Waals surface area contributed by atoms with Crippen molar-refractivity contribution in [2.45, 2.75) is 70.7 Å². The lowest BCUT2D eigenvalue weighted by Gasteiger charge is -2.44. The highest BCUT2D eigenvalue weighted by Gasteiger charge is 2.52. The van der Waals surface area contributed by atoms with Crippen LogP contribution in [0.25, 0.3) is 0 Å². The van der Waals surface area contributed by atoms with Crippen LogP contribution in [0.5, 0.6) is 0 Å². The van der Waals surface area contributed by atoms with Crippen molar-refractivity contribution in [2.24, 2.45) is 0 Å². The maximum atomic E-state index is 11.7. The summed E-state index contributed by atoms with van der Waals surface area (Å²) in [6.07, 6.45) is 0.593. The third-order valence-corrected chi connectivity index (χ3v) is 8.16. The number of hydrogen-bond donors (Lipinski definition) is 1. The zero-order valence-corrected chi connectivity index (χ0v) is 14.5. The lowest BCUT2D eigenvalue weighted by Crippen LogP contribution is -2.53. The molecule has 0 saturated heterocycles. The molecule has 0 aliphatic heterocycles. The van der Waals surface area contributed by atoms with E-state index >= 15 is 0 Å². The van der Waals surface area contributed by atoms with Crippen molar-refractivity contribution in [1.29, 1.82) is 0 Å². The third-order valence-electron chi connectivity index (χ3n) is 3.51. The molecule has 0 radical (unpaired) electrons. The summed E-state index contributed by atoms with van der Waals surface area (Å²) < 4.78 is 6.13. The quantitative estimate of drug-likeness (QED) is 0.751. The minimum atomic E-state index is -1.86. The molecule has 0 amide bonds. The predicted octanol–water partition coefficient (Wildman–Crippen LogP) is 3.80. The summed E-state index contributed by atoms with van der Waals surface area (Å²) in [5.41, 5.74) is 0. The molecule has 0 rings (SSSR count). The Morgan fingerprint density at radius 2 is 1.65 bits per heavy atom. The van der Waals surface area contributed by atoms with Gasteiger partial charge in [-0.05, 0) is 33.0 Å². The Morgan fingerprint density at radius 1 is 1.24 bits per heavy atom. The molecule has 5 heteroatoms. The average molecular weight is 277 g/mol.